The van der Waals surface area contributed by atoms with Gasteiger partial charge in [-0.3, -0.25) is 9.59 Å². The van der Waals surface area contributed by atoms with Crippen LogP contribution in [0, 0.1) is 27.6 Å². The normalized spacial score (nSPS) is 30.5. The summed E-state index contributed by atoms with van der Waals surface area (Å²) in [5.41, 5.74) is 3.66. The topological polar surface area (TPSA) is 117 Å². The van der Waals surface area contributed by atoms with Crippen LogP contribution in [0.25, 0.3) is 21.5 Å². The number of hydrogen-bond donors (Lipinski definition) is 4. The highest BCUT2D eigenvalue weighted by atomic mass is 16.5. The van der Waals surface area contributed by atoms with Crippen LogP contribution in [0.3, 0.4) is 0 Å². The number of carboxylic acid groups (broad SMARTS) is 1. The van der Waals surface area contributed by atoms with Crippen molar-refractivity contribution in [2.24, 2.45) is 27.6 Å². The summed E-state index contributed by atoms with van der Waals surface area (Å²) in [5.74, 6) is 1.74. The number of benzene rings is 4. The Balaban J connectivity index is 0.000000139. The van der Waals surface area contributed by atoms with E-state index in [1.54, 1.807) is 37.8 Å². The van der Waals surface area contributed by atoms with Crippen molar-refractivity contribution in [3.05, 3.63) is 83.9 Å². The molecule has 0 aromatic heterocycles. The second-order valence-corrected chi connectivity index (χ2v) is 25.5. The molecule has 0 amide bonds. The lowest BCUT2D eigenvalue weighted by Crippen LogP contribution is -2.56. The van der Waals surface area contributed by atoms with E-state index in [2.05, 4.69) is 72.2 Å². The summed E-state index contributed by atoms with van der Waals surface area (Å²) in [4.78, 5) is 23.8. The molecular formula is C64H88N2O6. The van der Waals surface area contributed by atoms with Crippen molar-refractivity contribution in [2.75, 3.05) is 7.11 Å². The number of aliphatic carboxylic acids is 1. The monoisotopic (exact) mass is 981 g/mol. The van der Waals surface area contributed by atoms with E-state index in [9.17, 15) is 19.8 Å². The third kappa shape index (κ3) is 11.4. The molecule has 2 spiro atoms. The fourth-order valence-corrected chi connectivity index (χ4v) is 15.7. The van der Waals surface area contributed by atoms with E-state index in [0.29, 0.717) is 17.3 Å². The Morgan fingerprint density at radius 2 is 0.944 bits per heavy atom. The van der Waals surface area contributed by atoms with E-state index >= 15 is 0 Å². The molecule has 10 aliphatic carbocycles. The molecule has 0 unspecified atom stereocenters. The van der Waals surface area contributed by atoms with Crippen LogP contribution in [0.1, 0.15) is 211 Å². The zero-order valence-electron chi connectivity index (χ0n) is 44.2. The standard InChI is InChI=1S/C31H41NO3.C21H25NO3.C12H22/c33-28(34)30-14-17-31(18-15-30,19-16-30)32-22-23-4-5-25-21-27(7-6-24(25)20-23)35-26-8-12-29(13-9-26)10-2-1-3-11-29;1-25-19(24)20-6-9-21(10-7-20,11-8-20)22-14-15-2-3-17-13-18(23)5-4-16(17)12-15;1-11-5-9-12(10-6-11)7-3-2-4-8-12/h4-7,20-21,26,32H,1-3,8-19,22H2,(H,33,34);2-5,12-13,22-23H,6-11,14H2,1H3;11H,2-10H2,1H3. The first-order valence-electron chi connectivity index (χ1n) is 29.1. The first kappa shape index (κ1) is 51.4. The number of nitrogens with one attached hydrogen (secondary N) is 2. The summed E-state index contributed by atoms with van der Waals surface area (Å²) in [6.45, 7) is 4.11. The number of rotatable bonds is 10. The van der Waals surface area contributed by atoms with Crippen LogP contribution in [0.4, 0.5) is 0 Å². The molecule has 8 heteroatoms. The summed E-state index contributed by atoms with van der Waals surface area (Å²) >= 11 is 0. The molecule has 390 valence electrons. The number of aromatic hydroxyl groups is 1. The molecule has 0 atom stereocenters. The Morgan fingerprint density at radius 3 is 1.43 bits per heavy atom. The van der Waals surface area contributed by atoms with Crippen molar-refractivity contribution in [1.29, 1.82) is 0 Å². The highest BCUT2D eigenvalue weighted by Gasteiger charge is 2.54. The van der Waals surface area contributed by atoms with E-state index in [-0.39, 0.29) is 22.5 Å². The molecule has 14 rings (SSSR count). The number of carboxylic acids is 1. The SMILES string of the molecule is CC1CCC2(CCCCC2)CC1.COC(=O)C12CCC(NCc3ccc4cc(O)ccc4c3)(CC1)CC2.O=C(O)C12CCC(NCc3ccc4cc(OC5CCC6(CCCCC6)CC5)ccc4c3)(CC1)CC2. The third-order valence-corrected chi connectivity index (χ3v) is 21.1. The van der Waals surface area contributed by atoms with Gasteiger partial charge >= 0.3 is 11.9 Å². The van der Waals surface area contributed by atoms with Gasteiger partial charge in [0.2, 0.25) is 0 Å². The molecule has 4 N–H and O–H groups in total. The minimum absolute atomic E-state index is 0.0152. The van der Waals surface area contributed by atoms with Crippen molar-refractivity contribution < 1.29 is 29.3 Å². The first-order valence-corrected chi connectivity index (χ1v) is 29.1. The molecule has 72 heavy (non-hydrogen) atoms. The lowest BCUT2D eigenvalue weighted by molar-refractivity contribution is -0.160. The second-order valence-electron chi connectivity index (χ2n) is 25.5. The summed E-state index contributed by atoms with van der Waals surface area (Å²) < 4.78 is 11.5. The smallest absolute Gasteiger partial charge is 0.311 e. The van der Waals surface area contributed by atoms with E-state index in [1.165, 1.54) is 119 Å². The lowest BCUT2D eigenvalue weighted by Gasteiger charge is -2.52. The van der Waals surface area contributed by atoms with Gasteiger partial charge in [0.05, 0.1) is 24.0 Å². The van der Waals surface area contributed by atoms with Gasteiger partial charge in [-0.15, -0.1) is 0 Å². The number of ether oxygens (including phenoxy) is 2. The molecule has 10 aliphatic rings. The van der Waals surface area contributed by atoms with E-state index < -0.39 is 11.4 Å². The quantitative estimate of drug-likeness (QED) is 0.116. The molecular weight excluding hydrogens is 893 g/mol. The van der Waals surface area contributed by atoms with Crippen molar-refractivity contribution in [1.82, 2.24) is 10.6 Å². The van der Waals surface area contributed by atoms with Gasteiger partial charge in [-0.25, -0.2) is 0 Å². The first-order chi connectivity index (χ1) is 34.8. The predicted octanol–water partition coefficient (Wildman–Crippen LogP) is 15.4. The molecule has 0 heterocycles. The minimum Gasteiger partial charge on any atom is -0.508 e. The van der Waals surface area contributed by atoms with E-state index in [4.69, 9.17) is 9.47 Å². The maximum Gasteiger partial charge on any atom is 0.311 e. The number of fused-ring (bicyclic) bond motifs is 8. The lowest BCUT2D eigenvalue weighted by atomic mass is 9.57. The largest absolute Gasteiger partial charge is 0.508 e. The average Bonchev–Trinajstić information content (AvgIpc) is 3.43. The van der Waals surface area contributed by atoms with Crippen LogP contribution >= 0.6 is 0 Å². The minimum atomic E-state index is -0.583. The van der Waals surface area contributed by atoms with Gasteiger partial charge in [0.15, 0.2) is 0 Å². The molecule has 10 fully saturated rings. The highest BCUT2D eigenvalue weighted by molar-refractivity contribution is 5.85. The van der Waals surface area contributed by atoms with Crippen LogP contribution in [-0.2, 0) is 27.4 Å². The second kappa shape index (κ2) is 21.6. The summed E-state index contributed by atoms with van der Waals surface area (Å²) in [6.07, 6.45) is 37.8. The Kier molecular flexibility index (Phi) is 15.4. The van der Waals surface area contributed by atoms with Gasteiger partial charge < -0.3 is 30.3 Å². The molecule has 4 aromatic carbocycles. The van der Waals surface area contributed by atoms with Crippen LogP contribution in [0.15, 0.2) is 72.8 Å². The third-order valence-electron chi connectivity index (χ3n) is 21.1. The Bertz CT molecular complexity index is 2450. The van der Waals surface area contributed by atoms with Gasteiger partial charge in [-0.05, 0) is 227 Å². The highest BCUT2D eigenvalue weighted by Crippen LogP contribution is 2.55. The van der Waals surface area contributed by atoms with Gasteiger partial charge in [-0.1, -0.05) is 94.7 Å². The number of methoxy groups -OCH3 is 1. The van der Waals surface area contributed by atoms with Crippen LogP contribution < -0.4 is 15.4 Å². The number of carbonyl (C=O) groups is 2. The molecule has 0 radical (unpaired) electrons. The summed E-state index contributed by atoms with van der Waals surface area (Å²) in [6, 6.07) is 25.2. The molecule has 8 nitrogen and oxygen atoms in total. The zero-order valence-corrected chi connectivity index (χ0v) is 44.2. The Morgan fingerprint density at radius 1 is 0.514 bits per heavy atom. The number of carbonyl (C=O) groups excluding carboxylic acids is 1. The predicted molar refractivity (Wildman–Crippen MR) is 290 cm³/mol. The maximum absolute atomic E-state index is 12.1. The number of phenols is 1. The average molecular weight is 981 g/mol. The van der Waals surface area contributed by atoms with Gasteiger partial charge in [0.1, 0.15) is 11.5 Å². The van der Waals surface area contributed by atoms with Gasteiger partial charge in [0.25, 0.3) is 0 Å². The maximum atomic E-state index is 12.1. The summed E-state index contributed by atoms with van der Waals surface area (Å²) in [5, 5.41) is 31.5. The molecule has 10 saturated carbocycles. The van der Waals surface area contributed by atoms with E-state index in [1.807, 2.05) is 6.07 Å². The van der Waals surface area contributed by atoms with Gasteiger partial charge in [-0.2, -0.15) is 0 Å². The van der Waals surface area contributed by atoms with Crippen molar-refractivity contribution >= 4 is 33.5 Å². The van der Waals surface area contributed by atoms with Crippen LogP contribution in [0.2, 0.25) is 0 Å². The van der Waals surface area contributed by atoms with E-state index in [0.717, 1.165) is 118 Å². The Hall–Kier alpha value is -4.14. The molecule has 4 aromatic rings. The molecule has 0 aliphatic heterocycles. The van der Waals surface area contributed by atoms with Crippen LogP contribution in [0.5, 0.6) is 11.5 Å². The summed E-state index contributed by atoms with van der Waals surface area (Å²) in [7, 11) is 1.51. The zero-order chi connectivity index (χ0) is 49.9. The number of hydrogen-bond acceptors (Lipinski definition) is 7. The van der Waals surface area contributed by atoms with Crippen molar-refractivity contribution in [3.63, 3.8) is 0 Å². The van der Waals surface area contributed by atoms with Gasteiger partial charge in [0, 0.05) is 24.2 Å². The molecule has 0 saturated heterocycles. The number of esters is 1. The van der Waals surface area contributed by atoms with Crippen LogP contribution in [-0.4, -0.2) is 46.4 Å². The van der Waals surface area contributed by atoms with Crippen molar-refractivity contribution in [2.45, 2.75) is 230 Å². The number of phenolic OH excluding ortho intramolecular Hbond substituents is 1. The van der Waals surface area contributed by atoms with Crippen molar-refractivity contribution in [3.8, 4) is 11.5 Å². The Labute approximate surface area is 431 Å². The fraction of sp³-hybridized carbons (Fsp3) is 0.656. The molecule has 4 bridgehead atoms. The fourth-order valence-electron chi connectivity index (χ4n) is 15.7.